The van der Waals surface area contributed by atoms with Gasteiger partial charge in [0, 0.05) is 38.3 Å². The van der Waals surface area contributed by atoms with Crippen molar-refractivity contribution in [3.05, 3.63) is 29.3 Å². The minimum atomic E-state index is 0. The molecule has 2 aliphatic heterocycles. The molecule has 7 nitrogen and oxygen atoms in total. The average Bonchev–Trinajstić information content (AvgIpc) is 3.44. The van der Waals surface area contributed by atoms with Gasteiger partial charge in [-0.25, -0.2) is 4.99 Å². The first kappa shape index (κ1) is 26.2. The molecule has 1 aromatic rings. The molecular formula is C23H38IN3O4. The highest BCUT2D eigenvalue weighted by atomic mass is 127. The minimum Gasteiger partial charge on any atom is -0.488 e. The number of benzene rings is 1. The number of ether oxygens (including phenoxy) is 4. The van der Waals surface area contributed by atoms with E-state index in [1.54, 1.807) is 0 Å². The molecule has 3 rings (SSSR count). The monoisotopic (exact) mass is 547 g/mol. The van der Waals surface area contributed by atoms with E-state index in [0.29, 0.717) is 25.9 Å². The molecule has 2 fully saturated rings. The first-order valence-corrected chi connectivity index (χ1v) is 11.3. The lowest BCUT2D eigenvalue weighted by Crippen LogP contribution is -2.38. The van der Waals surface area contributed by atoms with Crippen molar-refractivity contribution in [3.63, 3.8) is 0 Å². The summed E-state index contributed by atoms with van der Waals surface area (Å²) in [6.45, 7) is 10.1. The summed E-state index contributed by atoms with van der Waals surface area (Å²) in [5.74, 6) is 1.72. The van der Waals surface area contributed by atoms with Gasteiger partial charge in [0.05, 0.1) is 32.5 Å². The van der Waals surface area contributed by atoms with Crippen molar-refractivity contribution in [2.24, 2.45) is 4.99 Å². The summed E-state index contributed by atoms with van der Waals surface area (Å²) in [6.07, 6.45) is 4.57. The molecule has 31 heavy (non-hydrogen) atoms. The maximum atomic E-state index is 6.19. The zero-order valence-corrected chi connectivity index (χ0v) is 21.2. The van der Waals surface area contributed by atoms with Crippen molar-refractivity contribution >= 4 is 29.9 Å². The second-order valence-corrected chi connectivity index (χ2v) is 7.90. The maximum absolute atomic E-state index is 6.19. The van der Waals surface area contributed by atoms with Crippen LogP contribution in [-0.2, 0) is 20.8 Å². The number of aliphatic imine (C=N–C) groups is 1. The number of aryl methyl sites for hydroxylation is 1. The second-order valence-electron chi connectivity index (χ2n) is 7.90. The van der Waals surface area contributed by atoms with Crippen LogP contribution >= 0.6 is 24.0 Å². The lowest BCUT2D eigenvalue weighted by Gasteiger charge is -2.16. The summed E-state index contributed by atoms with van der Waals surface area (Å²) in [5, 5.41) is 6.70. The zero-order valence-electron chi connectivity index (χ0n) is 18.9. The Kier molecular flexibility index (Phi) is 12.5. The van der Waals surface area contributed by atoms with Crippen LogP contribution in [0, 0.1) is 6.92 Å². The van der Waals surface area contributed by atoms with E-state index in [-0.39, 0.29) is 30.1 Å². The summed E-state index contributed by atoms with van der Waals surface area (Å²) in [5.41, 5.74) is 2.27. The normalized spacial score (nSPS) is 21.0. The van der Waals surface area contributed by atoms with E-state index >= 15 is 0 Å². The van der Waals surface area contributed by atoms with E-state index in [0.717, 1.165) is 75.9 Å². The Morgan fingerprint density at radius 3 is 2.87 bits per heavy atom. The van der Waals surface area contributed by atoms with Crippen LogP contribution in [0.4, 0.5) is 0 Å². The second kappa shape index (κ2) is 14.9. The Morgan fingerprint density at radius 2 is 2.13 bits per heavy atom. The molecule has 2 aliphatic rings. The Hall–Kier alpha value is -1.10. The van der Waals surface area contributed by atoms with Gasteiger partial charge >= 0.3 is 0 Å². The van der Waals surface area contributed by atoms with Crippen LogP contribution in [0.3, 0.4) is 0 Å². The molecule has 0 aromatic heterocycles. The molecule has 0 bridgehead atoms. The van der Waals surface area contributed by atoms with Crippen molar-refractivity contribution < 1.29 is 18.9 Å². The van der Waals surface area contributed by atoms with Crippen molar-refractivity contribution in [2.75, 3.05) is 46.1 Å². The molecule has 0 aliphatic carbocycles. The highest BCUT2D eigenvalue weighted by Crippen LogP contribution is 2.24. The van der Waals surface area contributed by atoms with Gasteiger partial charge in [-0.1, -0.05) is 12.1 Å². The van der Waals surface area contributed by atoms with E-state index < -0.39 is 0 Å². The summed E-state index contributed by atoms with van der Waals surface area (Å²) in [4.78, 5) is 4.75. The highest BCUT2D eigenvalue weighted by Gasteiger charge is 2.19. The zero-order chi connectivity index (χ0) is 21.0. The Bertz CT molecular complexity index is 662. The van der Waals surface area contributed by atoms with Gasteiger partial charge < -0.3 is 29.6 Å². The SMILES string of the molecule is CCNC(=NCc1ccc(C)cc1OC1CCOC1)NCCCOCC1CCCO1.I. The van der Waals surface area contributed by atoms with Crippen LogP contribution in [0.2, 0.25) is 0 Å². The Morgan fingerprint density at radius 1 is 1.23 bits per heavy atom. The minimum absolute atomic E-state index is 0. The van der Waals surface area contributed by atoms with Gasteiger partial charge in [-0.05, 0) is 44.7 Å². The maximum Gasteiger partial charge on any atom is 0.191 e. The fraction of sp³-hybridized carbons (Fsp3) is 0.696. The van der Waals surface area contributed by atoms with Crippen LogP contribution in [0.25, 0.3) is 0 Å². The summed E-state index contributed by atoms with van der Waals surface area (Å²) in [7, 11) is 0. The van der Waals surface area contributed by atoms with E-state index in [1.165, 1.54) is 5.56 Å². The average molecular weight is 547 g/mol. The van der Waals surface area contributed by atoms with Crippen molar-refractivity contribution in [1.29, 1.82) is 0 Å². The number of hydrogen-bond acceptors (Lipinski definition) is 5. The molecule has 2 unspecified atom stereocenters. The third kappa shape index (κ3) is 9.51. The number of nitrogens with one attached hydrogen (secondary N) is 2. The van der Waals surface area contributed by atoms with Gasteiger partial charge in [-0.15, -0.1) is 24.0 Å². The van der Waals surface area contributed by atoms with Crippen LogP contribution in [-0.4, -0.2) is 64.3 Å². The molecule has 2 saturated heterocycles. The first-order chi connectivity index (χ1) is 14.7. The van der Waals surface area contributed by atoms with Gasteiger partial charge in [0.25, 0.3) is 0 Å². The topological polar surface area (TPSA) is 73.3 Å². The molecule has 0 radical (unpaired) electrons. The molecule has 2 N–H and O–H groups in total. The van der Waals surface area contributed by atoms with Crippen molar-refractivity contribution in [2.45, 2.75) is 58.3 Å². The van der Waals surface area contributed by atoms with E-state index in [1.807, 2.05) is 0 Å². The van der Waals surface area contributed by atoms with Gasteiger partial charge in [-0.3, -0.25) is 0 Å². The lowest BCUT2D eigenvalue weighted by atomic mass is 10.1. The number of rotatable bonds is 11. The number of nitrogens with zero attached hydrogens (tertiary/aromatic N) is 1. The first-order valence-electron chi connectivity index (χ1n) is 11.3. The fourth-order valence-corrected chi connectivity index (χ4v) is 3.57. The Labute approximate surface area is 203 Å². The Balaban J connectivity index is 0.00000341. The standard InChI is InChI=1S/C23H37N3O4.HI/c1-3-24-23(25-10-5-11-27-16-20-6-4-12-29-20)26-15-19-8-7-18(2)14-22(19)30-21-9-13-28-17-21;/h7-8,14,20-21H,3-6,9-13,15-17H2,1-2H3,(H2,24,25,26);1H. The summed E-state index contributed by atoms with van der Waals surface area (Å²) < 4.78 is 22.9. The molecule has 1 aromatic carbocycles. The van der Waals surface area contributed by atoms with Crippen LogP contribution in [0.5, 0.6) is 5.75 Å². The van der Waals surface area contributed by atoms with Gasteiger partial charge in [0.1, 0.15) is 11.9 Å². The van der Waals surface area contributed by atoms with Crippen LogP contribution in [0.15, 0.2) is 23.2 Å². The van der Waals surface area contributed by atoms with E-state index in [9.17, 15) is 0 Å². The van der Waals surface area contributed by atoms with E-state index in [2.05, 4.69) is 42.7 Å². The number of hydrogen-bond donors (Lipinski definition) is 2. The molecule has 0 spiro atoms. The summed E-state index contributed by atoms with van der Waals surface area (Å²) in [6, 6.07) is 6.30. The van der Waals surface area contributed by atoms with Crippen LogP contribution in [0.1, 0.15) is 43.7 Å². The molecule has 176 valence electrons. The fourth-order valence-electron chi connectivity index (χ4n) is 3.57. The van der Waals surface area contributed by atoms with Gasteiger partial charge in [0.15, 0.2) is 5.96 Å². The molecular weight excluding hydrogens is 509 g/mol. The smallest absolute Gasteiger partial charge is 0.191 e. The van der Waals surface area contributed by atoms with Crippen molar-refractivity contribution in [3.8, 4) is 5.75 Å². The number of guanidine groups is 1. The van der Waals surface area contributed by atoms with Crippen molar-refractivity contribution in [1.82, 2.24) is 10.6 Å². The largest absolute Gasteiger partial charge is 0.488 e. The molecule has 0 amide bonds. The molecule has 2 heterocycles. The predicted octanol–water partition coefficient (Wildman–Crippen LogP) is 3.42. The van der Waals surface area contributed by atoms with Crippen LogP contribution < -0.4 is 15.4 Å². The molecule has 8 heteroatoms. The quantitative estimate of drug-likeness (QED) is 0.192. The summed E-state index contributed by atoms with van der Waals surface area (Å²) >= 11 is 0. The molecule has 0 saturated carbocycles. The van der Waals surface area contributed by atoms with Gasteiger partial charge in [0.2, 0.25) is 0 Å². The third-order valence-electron chi connectivity index (χ3n) is 5.24. The van der Waals surface area contributed by atoms with Gasteiger partial charge in [-0.2, -0.15) is 0 Å². The lowest BCUT2D eigenvalue weighted by molar-refractivity contribution is 0.0168. The third-order valence-corrected chi connectivity index (χ3v) is 5.24. The predicted molar refractivity (Wildman–Crippen MR) is 134 cm³/mol. The molecule has 2 atom stereocenters. The highest BCUT2D eigenvalue weighted by molar-refractivity contribution is 14.0. The number of halogens is 1. The van der Waals surface area contributed by atoms with E-state index in [4.69, 9.17) is 23.9 Å².